The molecular formula is C19H24BN5O3. The second-order valence-corrected chi connectivity index (χ2v) is 7.36. The van der Waals surface area contributed by atoms with Crippen LogP contribution in [-0.4, -0.2) is 41.1 Å². The molecule has 0 spiro atoms. The van der Waals surface area contributed by atoms with Gasteiger partial charge in [-0.3, -0.25) is 9.48 Å². The van der Waals surface area contributed by atoms with Gasteiger partial charge in [0.1, 0.15) is 5.56 Å². The predicted octanol–water partition coefficient (Wildman–Crippen LogP) is 1.38. The topological polar surface area (TPSA) is 115 Å². The number of nitrogens with two attached hydrogens (primary N) is 1. The van der Waals surface area contributed by atoms with Gasteiger partial charge in [0.25, 0.3) is 5.91 Å². The highest BCUT2D eigenvalue weighted by atomic mass is 16.5. The van der Waals surface area contributed by atoms with Crippen molar-refractivity contribution in [2.75, 3.05) is 12.4 Å². The van der Waals surface area contributed by atoms with Gasteiger partial charge in [-0.05, 0) is 36.0 Å². The first-order valence-electron chi connectivity index (χ1n) is 9.57. The van der Waals surface area contributed by atoms with Gasteiger partial charge in [0.2, 0.25) is 0 Å². The molecule has 8 nitrogen and oxygen atoms in total. The quantitative estimate of drug-likeness (QED) is 0.535. The van der Waals surface area contributed by atoms with E-state index in [2.05, 4.69) is 15.4 Å². The Kier molecular flexibility index (Phi) is 5.19. The molecule has 1 aliphatic carbocycles. The number of rotatable bonds is 5. The van der Waals surface area contributed by atoms with Crippen molar-refractivity contribution in [3.05, 3.63) is 35.5 Å². The Bertz CT molecular complexity index is 913. The Morgan fingerprint density at radius 2 is 2.29 bits per heavy atom. The molecule has 4 N–H and O–H groups in total. The Labute approximate surface area is 163 Å². The fraction of sp³-hybridized carbons (Fsp3) is 0.421. The fourth-order valence-corrected chi connectivity index (χ4v) is 4.10. The summed E-state index contributed by atoms with van der Waals surface area (Å²) in [6.45, 7) is 0.389. The number of nitrogens with one attached hydrogen (secondary N) is 1. The maximum absolute atomic E-state index is 12.0. The average Bonchev–Trinajstić information content (AvgIpc) is 3.27. The van der Waals surface area contributed by atoms with Crippen LogP contribution in [0.15, 0.2) is 29.4 Å². The Morgan fingerprint density at radius 1 is 1.46 bits per heavy atom. The number of aromatic nitrogens is 2. The summed E-state index contributed by atoms with van der Waals surface area (Å²) in [5, 5.41) is 17.7. The normalized spacial score (nSPS) is 21.9. The molecule has 4 rings (SSSR count). The van der Waals surface area contributed by atoms with Gasteiger partial charge in [0, 0.05) is 31.1 Å². The zero-order valence-electron chi connectivity index (χ0n) is 15.8. The maximum atomic E-state index is 12.0. The smallest absolute Gasteiger partial charge is 0.423 e. The van der Waals surface area contributed by atoms with Crippen LogP contribution < -0.4 is 16.5 Å². The number of carbonyl (C=O) groups is 1. The van der Waals surface area contributed by atoms with Crippen LogP contribution in [0.1, 0.15) is 47.6 Å². The Hall–Kier alpha value is -2.65. The van der Waals surface area contributed by atoms with E-state index in [0.717, 1.165) is 30.3 Å². The summed E-state index contributed by atoms with van der Waals surface area (Å²) in [7, 11) is 0.851. The summed E-state index contributed by atoms with van der Waals surface area (Å²) in [5.74, 6) is 0.174. The van der Waals surface area contributed by atoms with E-state index in [1.165, 1.54) is 6.42 Å². The van der Waals surface area contributed by atoms with Gasteiger partial charge >= 0.3 is 7.12 Å². The van der Waals surface area contributed by atoms with Crippen molar-refractivity contribution in [1.82, 2.24) is 9.78 Å². The molecule has 2 aromatic rings. The van der Waals surface area contributed by atoms with Crippen LogP contribution in [0, 0.1) is 5.92 Å². The third kappa shape index (κ3) is 3.55. The van der Waals surface area contributed by atoms with Crippen LogP contribution in [0.4, 0.5) is 11.5 Å². The van der Waals surface area contributed by atoms with E-state index < -0.39 is 13.0 Å². The van der Waals surface area contributed by atoms with Crippen molar-refractivity contribution in [2.24, 2.45) is 16.6 Å². The van der Waals surface area contributed by atoms with Gasteiger partial charge in [-0.25, -0.2) is 0 Å². The van der Waals surface area contributed by atoms with Gasteiger partial charge < -0.3 is 25.7 Å². The molecule has 2 aliphatic rings. The van der Waals surface area contributed by atoms with E-state index in [1.54, 1.807) is 13.2 Å². The molecule has 2 heterocycles. The highest BCUT2D eigenvalue weighted by Gasteiger charge is 2.29. The maximum Gasteiger partial charge on any atom is 0.491 e. The fourth-order valence-electron chi connectivity index (χ4n) is 4.10. The first-order valence-corrected chi connectivity index (χ1v) is 9.57. The molecule has 1 amide bonds. The number of amides is 1. The highest BCUT2D eigenvalue weighted by Crippen LogP contribution is 2.34. The molecule has 0 saturated heterocycles. The van der Waals surface area contributed by atoms with Crippen molar-refractivity contribution in [1.29, 1.82) is 0 Å². The predicted molar refractivity (Wildman–Crippen MR) is 108 cm³/mol. The lowest BCUT2D eigenvalue weighted by molar-refractivity contribution is 0.100. The highest BCUT2D eigenvalue weighted by molar-refractivity contribution is 6.61. The standard InChI is InChI=1S/C19H24BN5O3/c1-22-9-12-4-2-3-5-17(12)25-10-15(18(21)26)19(24-25)23-14-7-6-13-11-28-20(27)16(13)8-14/h6-10,12,17,27H,2-5,11H2,1H3,(H2,21,26)(H,23,24)/t12?,17-/m0/s1. The molecule has 1 unspecified atom stereocenters. The van der Waals surface area contributed by atoms with Crippen molar-refractivity contribution in [2.45, 2.75) is 38.3 Å². The molecule has 28 heavy (non-hydrogen) atoms. The van der Waals surface area contributed by atoms with Gasteiger partial charge in [-0.15, -0.1) is 0 Å². The van der Waals surface area contributed by atoms with E-state index in [-0.39, 0.29) is 6.04 Å². The third-order valence-electron chi connectivity index (χ3n) is 5.53. The van der Waals surface area contributed by atoms with Gasteiger partial charge in [-0.1, -0.05) is 18.9 Å². The molecule has 1 fully saturated rings. The van der Waals surface area contributed by atoms with Crippen LogP contribution in [0.5, 0.6) is 0 Å². The van der Waals surface area contributed by atoms with Crippen molar-refractivity contribution < 1.29 is 14.5 Å². The summed E-state index contributed by atoms with van der Waals surface area (Å²) in [6.07, 6.45) is 8.03. The summed E-state index contributed by atoms with van der Waals surface area (Å²) in [4.78, 5) is 16.2. The van der Waals surface area contributed by atoms with Crippen LogP contribution >= 0.6 is 0 Å². The second-order valence-electron chi connectivity index (χ2n) is 7.36. The molecule has 0 radical (unpaired) electrons. The van der Waals surface area contributed by atoms with E-state index in [4.69, 9.17) is 10.4 Å². The van der Waals surface area contributed by atoms with Crippen molar-refractivity contribution in [3.63, 3.8) is 0 Å². The summed E-state index contributed by atoms with van der Waals surface area (Å²) >= 11 is 0. The lowest BCUT2D eigenvalue weighted by atomic mass is 9.79. The van der Waals surface area contributed by atoms with Crippen molar-refractivity contribution >= 4 is 36.2 Å². The number of hydrogen-bond acceptors (Lipinski definition) is 6. The number of primary amides is 1. The first kappa shape index (κ1) is 18.7. The Morgan fingerprint density at radius 3 is 3.07 bits per heavy atom. The van der Waals surface area contributed by atoms with Crippen LogP contribution in [0.25, 0.3) is 0 Å². The molecule has 0 bridgehead atoms. The zero-order chi connectivity index (χ0) is 19.7. The number of nitrogens with zero attached hydrogens (tertiary/aromatic N) is 3. The second kappa shape index (κ2) is 7.77. The van der Waals surface area contributed by atoms with Gasteiger partial charge in [-0.2, -0.15) is 5.10 Å². The number of benzene rings is 1. The molecule has 9 heteroatoms. The average molecular weight is 381 g/mol. The van der Waals surface area contributed by atoms with Crippen LogP contribution in [0.3, 0.4) is 0 Å². The van der Waals surface area contributed by atoms with Gasteiger partial charge in [0.05, 0.1) is 12.6 Å². The molecular weight excluding hydrogens is 357 g/mol. The Balaban J connectivity index is 1.64. The minimum Gasteiger partial charge on any atom is -0.423 e. The summed E-state index contributed by atoms with van der Waals surface area (Å²) < 4.78 is 7.08. The molecule has 1 aliphatic heterocycles. The van der Waals surface area contributed by atoms with E-state index in [9.17, 15) is 9.82 Å². The summed E-state index contributed by atoms with van der Waals surface area (Å²) in [5.41, 5.74) is 8.32. The van der Waals surface area contributed by atoms with Crippen molar-refractivity contribution in [3.8, 4) is 0 Å². The number of anilines is 2. The van der Waals surface area contributed by atoms with E-state index in [1.807, 2.05) is 29.1 Å². The lowest BCUT2D eigenvalue weighted by Crippen LogP contribution is -2.28. The SMILES string of the molecule is CN=CC1CCCC[C@@H]1n1cc(C(N)=O)c(Nc2ccc3c(c2)B(O)OC3)n1. The molecule has 1 aromatic heterocycles. The van der Waals surface area contributed by atoms with Crippen LogP contribution in [0.2, 0.25) is 0 Å². The summed E-state index contributed by atoms with van der Waals surface area (Å²) in [6, 6.07) is 5.73. The number of fused-ring (bicyclic) bond motifs is 1. The zero-order valence-corrected chi connectivity index (χ0v) is 15.8. The lowest BCUT2D eigenvalue weighted by Gasteiger charge is -2.29. The third-order valence-corrected chi connectivity index (χ3v) is 5.53. The number of aliphatic imine (C=N–C) groups is 1. The number of carbonyl (C=O) groups excluding carboxylic acids is 1. The first-order chi connectivity index (χ1) is 13.6. The molecule has 1 aromatic carbocycles. The minimum atomic E-state index is -0.929. The minimum absolute atomic E-state index is 0.154. The van der Waals surface area contributed by atoms with E-state index in [0.29, 0.717) is 29.6 Å². The van der Waals surface area contributed by atoms with E-state index >= 15 is 0 Å². The monoisotopic (exact) mass is 381 g/mol. The largest absolute Gasteiger partial charge is 0.491 e. The molecule has 1 saturated carbocycles. The molecule has 146 valence electrons. The van der Waals surface area contributed by atoms with Crippen LogP contribution in [-0.2, 0) is 11.3 Å². The number of hydrogen-bond donors (Lipinski definition) is 3. The molecule has 2 atom stereocenters. The van der Waals surface area contributed by atoms with Gasteiger partial charge in [0.15, 0.2) is 5.82 Å².